The van der Waals surface area contributed by atoms with Crippen LogP contribution >= 0.6 is 11.3 Å². The van der Waals surface area contributed by atoms with E-state index in [0.717, 1.165) is 15.5 Å². The van der Waals surface area contributed by atoms with Crippen LogP contribution in [0.5, 0.6) is 0 Å². The molecule has 0 aromatic carbocycles. The Kier molecular flexibility index (Phi) is 4.11. The van der Waals surface area contributed by atoms with Crippen molar-refractivity contribution in [3.05, 3.63) is 33.8 Å². The zero-order valence-electron chi connectivity index (χ0n) is 14.4. The van der Waals surface area contributed by atoms with Crippen molar-refractivity contribution in [2.45, 2.75) is 26.3 Å². The second kappa shape index (κ2) is 5.99. The molecular formula is C16H19N5O3S. The summed E-state index contributed by atoms with van der Waals surface area (Å²) in [6.45, 7) is 4.91. The number of hydrogen-bond acceptors (Lipinski definition) is 5. The van der Waals surface area contributed by atoms with Gasteiger partial charge < -0.3 is 10.6 Å². The molecule has 0 spiro atoms. The first-order valence-electron chi connectivity index (χ1n) is 7.72. The van der Waals surface area contributed by atoms with Crippen LogP contribution in [-0.4, -0.2) is 39.1 Å². The maximum atomic E-state index is 12.7. The fourth-order valence-electron chi connectivity index (χ4n) is 2.85. The van der Waals surface area contributed by atoms with Gasteiger partial charge in [0.1, 0.15) is 6.54 Å². The van der Waals surface area contributed by atoms with Crippen LogP contribution < -0.4 is 10.6 Å². The summed E-state index contributed by atoms with van der Waals surface area (Å²) in [5, 5.41) is 11.5. The van der Waals surface area contributed by atoms with Gasteiger partial charge >= 0.3 is 6.03 Å². The number of carbonyl (C=O) groups excluding carboxylic acids is 3. The first-order chi connectivity index (χ1) is 11.7. The van der Waals surface area contributed by atoms with Crippen molar-refractivity contribution in [2.24, 2.45) is 7.05 Å². The highest BCUT2D eigenvalue weighted by Gasteiger charge is 2.50. The number of carbonyl (C=O) groups is 3. The van der Waals surface area contributed by atoms with E-state index in [1.807, 2.05) is 18.4 Å². The summed E-state index contributed by atoms with van der Waals surface area (Å²) < 4.78 is 1.66. The Balaban J connectivity index is 1.75. The minimum absolute atomic E-state index is 0.348. The predicted molar refractivity (Wildman–Crippen MR) is 93.2 cm³/mol. The van der Waals surface area contributed by atoms with Crippen molar-refractivity contribution in [3.63, 3.8) is 0 Å². The van der Waals surface area contributed by atoms with Gasteiger partial charge in [0, 0.05) is 11.9 Å². The first-order valence-corrected chi connectivity index (χ1v) is 8.60. The van der Waals surface area contributed by atoms with Crippen LogP contribution in [0.2, 0.25) is 0 Å². The Morgan fingerprint density at radius 2 is 2.12 bits per heavy atom. The SMILES string of the molecule is Cc1nn(C)c(C)c1NC(=O)CN1C(=O)NC(C)(c2cccs2)C1=O. The van der Waals surface area contributed by atoms with E-state index in [1.165, 1.54) is 11.3 Å². The molecule has 2 N–H and O–H groups in total. The van der Waals surface area contributed by atoms with E-state index >= 15 is 0 Å². The number of thiophene rings is 1. The van der Waals surface area contributed by atoms with E-state index in [0.29, 0.717) is 11.4 Å². The van der Waals surface area contributed by atoms with Gasteiger partial charge in [0.15, 0.2) is 5.54 Å². The van der Waals surface area contributed by atoms with Gasteiger partial charge in [-0.3, -0.25) is 19.2 Å². The van der Waals surface area contributed by atoms with Gasteiger partial charge in [-0.15, -0.1) is 11.3 Å². The lowest BCUT2D eigenvalue weighted by Gasteiger charge is -2.20. The number of rotatable bonds is 4. The summed E-state index contributed by atoms with van der Waals surface area (Å²) in [6.07, 6.45) is 0. The van der Waals surface area contributed by atoms with E-state index in [2.05, 4.69) is 15.7 Å². The molecule has 3 rings (SSSR count). The molecule has 3 heterocycles. The molecular weight excluding hydrogens is 342 g/mol. The van der Waals surface area contributed by atoms with Crippen molar-refractivity contribution >= 4 is 34.9 Å². The average Bonchev–Trinajstić information content (AvgIpc) is 3.21. The van der Waals surface area contributed by atoms with Crippen LogP contribution in [0.4, 0.5) is 10.5 Å². The summed E-state index contributed by atoms with van der Waals surface area (Å²) in [6, 6.07) is 3.03. The van der Waals surface area contributed by atoms with Gasteiger partial charge in [0.05, 0.1) is 17.1 Å². The number of anilines is 1. The molecule has 132 valence electrons. The minimum Gasteiger partial charge on any atom is -0.321 e. The van der Waals surface area contributed by atoms with Gasteiger partial charge in [-0.05, 0) is 32.2 Å². The predicted octanol–water partition coefficient (Wildman–Crippen LogP) is 1.50. The standard InChI is InChI=1S/C16H19N5O3S/c1-9-13(10(2)20(4)19-9)17-12(22)8-21-14(23)16(3,18-15(21)24)11-6-5-7-25-11/h5-7H,8H2,1-4H3,(H,17,22)(H,18,24). The normalized spacial score (nSPS) is 20.1. The molecule has 1 aliphatic heterocycles. The van der Waals surface area contributed by atoms with E-state index in [9.17, 15) is 14.4 Å². The summed E-state index contributed by atoms with van der Waals surface area (Å²) in [5.41, 5.74) is 0.937. The number of urea groups is 1. The van der Waals surface area contributed by atoms with Gasteiger partial charge in [0.25, 0.3) is 5.91 Å². The number of nitrogens with zero attached hydrogens (tertiary/aromatic N) is 3. The molecule has 2 aromatic heterocycles. The molecule has 1 aliphatic rings. The zero-order chi connectivity index (χ0) is 18.4. The second-order valence-corrected chi connectivity index (χ2v) is 7.09. The highest BCUT2D eigenvalue weighted by atomic mass is 32.1. The van der Waals surface area contributed by atoms with Gasteiger partial charge in [-0.2, -0.15) is 5.10 Å². The van der Waals surface area contributed by atoms with Crippen LogP contribution in [0.1, 0.15) is 23.2 Å². The maximum Gasteiger partial charge on any atom is 0.325 e. The van der Waals surface area contributed by atoms with Crippen molar-refractivity contribution in [3.8, 4) is 0 Å². The average molecular weight is 361 g/mol. The topological polar surface area (TPSA) is 96.3 Å². The summed E-state index contributed by atoms with van der Waals surface area (Å²) in [4.78, 5) is 39.0. The van der Waals surface area contributed by atoms with E-state index < -0.39 is 23.4 Å². The van der Waals surface area contributed by atoms with Crippen LogP contribution in [0, 0.1) is 13.8 Å². The van der Waals surface area contributed by atoms with E-state index in [1.54, 1.807) is 31.6 Å². The highest BCUT2D eigenvalue weighted by Crippen LogP contribution is 2.31. The molecule has 1 saturated heterocycles. The molecule has 2 aromatic rings. The molecule has 0 radical (unpaired) electrons. The number of amides is 4. The monoisotopic (exact) mass is 361 g/mol. The maximum absolute atomic E-state index is 12.7. The summed E-state index contributed by atoms with van der Waals surface area (Å²) in [7, 11) is 1.78. The zero-order valence-corrected chi connectivity index (χ0v) is 15.2. The van der Waals surface area contributed by atoms with Crippen LogP contribution in [0.25, 0.3) is 0 Å². The number of imide groups is 1. The number of aromatic nitrogens is 2. The third-order valence-corrected chi connectivity index (χ3v) is 5.46. The first kappa shape index (κ1) is 17.2. The largest absolute Gasteiger partial charge is 0.325 e. The molecule has 1 fully saturated rings. The van der Waals surface area contributed by atoms with Crippen molar-refractivity contribution < 1.29 is 14.4 Å². The van der Waals surface area contributed by atoms with E-state index in [4.69, 9.17) is 0 Å². The van der Waals surface area contributed by atoms with Crippen LogP contribution in [0.15, 0.2) is 17.5 Å². The molecule has 4 amide bonds. The fourth-order valence-corrected chi connectivity index (χ4v) is 3.68. The number of aryl methyl sites for hydroxylation is 2. The summed E-state index contributed by atoms with van der Waals surface area (Å²) in [5.74, 6) is -0.882. The van der Waals surface area contributed by atoms with Crippen molar-refractivity contribution in [1.29, 1.82) is 0 Å². The number of nitrogens with one attached hydrogen (secondary N) is 2. The molecule has 0 saturated carbocycles. The molecule has 0 aliphatic carbocycles. The van der Waals surface area contributed by atoms with Crippen molar-refractivity contribution in [1.82, 2.24) is 20.0 Å². The molecule has 25 heavy (non-hydrogen) atoms. The van der Waals surface area contributed by atoms with Crippen LogP contribution in [0.3, 0.4) is 0 Å². The van der Waals surface area contributed by atoms with Crippen LogP contribution in [-0.2, 0) is 22.2 Å². The third-order valence-electron chi connectivity index (χ3n) is 4.36. The highest BCUT2D eigenvalue weighted by molar-refractivity contribution is 7.10. The molecule has 8 nitrogen and oxygen atoms in total. The lowest BCUT2D eigenvalue weighted by Crippen LogP contribution is -2.41. The lowest BCUT2D eigenvalue weighted by molar-refractivity contribution is -0.133. The van der Waals surface area contributed by atoms with Gasteiger partial charge in [-0.1, -0.05) is 6.07 Å². The molecule has 1 unspecified atom stereocenters. The molecule has 9 heteroatoms. The Labute approximate surface area is 148 Å². The second-order valence-electron chi connectivity index (χ2n) is 6.14. The number of hydrogen-bond donors (Lipinski definition) is 2. The summed E-state index contributed by atoms with van der Waals surface area (Å²) >= 11 is 1.38. The Morgan fingerprint density at radius 1 is 1.40 bits per heavy atom. The Morgan fingerprint density at radius 3 is 2.68 bits per heavy atom. The minimum atomic E-state index is -1.13. The quantitative estimate of drug-likeness (QED) is 0.807. The molecule has 0 bridgehead atoms. The lowest BCUT2D eigenvalue weighted by atomic mass is 10.0. The molecule has 1 atom stereocenters. The van der Waals surface area contributed by atoms with Crippen molar-refractivity contribution in [2.75, 3.05) is 11.9 Å². The Hall–Kier alpha value is -2.68. The van der Waals surface area contributed by atoms with Gasteiger partial charge in [-0.25, -0.2) is 4.79 Å². The van der Waals surface area contributed by atoms with Gasteiger partial charge in [0.2, 0.25) is 5.91 Å². The third kappa shape index (κ3) is 2.80. The fraction of sp³-hybridized carbons (Fsp3) is 0.375. The smallest absolute Gasteiger partial charge is 0.321 e. The van der Waals surface area contributed by atoms with E-state index in [-0.39, 0.29) is 6.54 Å². The Bertz CT molecular complexity index is 858.